The fourth-order valence-corrected chi connectivity index (χ4v) is 4.24. The van der Waals surface area contributed by atoms with Crippen molar-refractivity contribution in [1.29, 1.82) is 0 Å². The van der Waals surface area contributed by atoms with Gasteiger partial charge in [-0.3, -0.25) is 9.89 Å². The quantitative estimate of drug-likeness (QED) is 0.335. The number of benzene rings is 1. The molecule has 2 N–H and O–H groups in total. The van der Waals surface area contributed by atoms with Crippen molar-refractivity contribution in [3.8, 4) is 0 Å². The monoisotopic (exact) mass is 508 g/mol. The number of halogens is 1. The Kier molecular flexibility index (Phi) is 10.6. The lowest BCUT2D eigenvalue weighted by Gasteiger charge is -2.26. The Hall–Kier alpha value is -0.870. The molecule has 1 saturated heterocycles. The van der Waals surface area contributed by atoms with E-state index < -0.39 is 9.84 Å². The van der Waals surface area contributed by atoms with Gasteiger partial charge in [0.15, 0.2) is 15.8 Å². The van der Waals surface area contributed by atoms with Crippen molar-refractivity contribution in [3.05, 3.63) is 35.4 Å². The maximum Gasteiger partial charge on any atom is 0.191 e. The van der Waals surface area contributed by atoms with Crippen LogP contribution in [0.5, 0.6) is 0 Å². The molecule has 1 aliphatic rings. The highest BCUT2D eigenvalue weighted by Crippen LogP contribution is 2.16. The second-order valence-corrected chi connectivity index (χ2v) is 9.26. The predicted octanol–water partition coefficient (Wildman–Crippen LogP) is 2.00. The average Bonchev–Trinajstić information content (AvgIpc) is 2.60. The first kappa shape index (κ1) is 24.2. The zero-order valence-electron chi connectivity index (χ0n) is 16.6. The summed E-state index contributed by atoms with van der Waals surface area (Å²) in [7, 11) is -2.81. The molecule has 1 atom stereocenters. The van der Waals surface area contributed by atoms with E-state index in [2.05, 4.69) is 60.6 Å². The summed E-state index contributed by atoms with van der Waals surface area (Å²) in [6.45, 7) is 10.7. The Bertz CT molecular complexity index is 695. The van der Waals surface area contributed by atoms with Crippen LogP contribution in [-0.2, 0) is 9.84 Å². The van der Waals surface area contributed by atoms with Crippen LogP contribution in [0.1, 0.15) is 30.9 Å². The third-order valence-corrected chi connectivity index (χ3v) is 6.25. The van der Waals surface area contributed by atoms with E-state index in [1.54, 1.807) is 0 Å². The van der Waals surface area contributed by atoms with E-state index in [1.165, 1.54) is 11.1 Å². The minimum atomic E-state index is -2.81. The van der Waals surface area contributed by atoms with Gasteiger partial charge in [0.1, 0.15) is 0 Å². The molecule has 0 amide bonds. The van der Waals surface area contributed by atoms with Gasteiger partial charge in [-0.25, -0.2) is 8.42 Å². The van der Waals surface area contributed by atoms with Crippen molar-refractivity contribution in [3.63, 3.8) is 0 Å². The second kappa shape index (κ2) is 11.9. The molecule has 0 saturated carbocycles. The van der Waals surface area contributed by atoms with Gasteiger partial charge in [0, 0.05) is 45.2 Å². The van der Waals surface area contributed by atoms with Crippen molar-refractivity contribution in [2.45, 2.75) is 26.7 Å². The summed E-state index contributed by atoms with van der Waals surface area (Å²) in [6, 6.07) is 8.56. The molecule has 0 radical (unpaired) electrons. The Labute approximate surface area is 181 Å². The van der Waals surface area contributed by atoms with Gasteiger partial charge in [0.2, 0.25) is 0 Å². The fourth-order valence-electron chi connectivity index (χ4n) is 2.96. The number of aryl methyl sites for hydroxylation is 1. The molecule has 1 unspecified atom stereocenters. The number of rotatable bonds is 7. The third-order valence-electron chi connectivity index (χ3n) is 4.64. The van der Waals surface area contributed by atoms with E-state index in [4.69, 9.17) is 4.99 Å². The third kappa shape index (κ3) is 8.78. The van der Waals surface area contributed by atoms with Crippen LogP contribution in [0, 0.1) is 6.92 Å². The first-order valence-electron chi connectivity index (χ1n) is 9.41. The van der Waals surface area contributed by atoms with Crippen molar-refractivity contribution in [2.75, 3.05) is 50.8 Å². The molecule has 8 heteroatoms. The van der Waals surface area contributed by atoms with Crippen molar-refractivity contribution in [1.82, 2.24) is 15.5 Å². The summed E-state index contributed by atoms with van der Waals surface area (Å²) in [6.07, 6.45) is 0. The molecule has 2 rings (SSSR count). The van der Waals surface area contributed by atoms with Gasteiger partial charge >= 0.3 is 0 Å². The zero-order valence-corrected chi connectivity index (χ0v) is 19.7. The normalized spacial score (nSPS) is 18.4. The second-order valence-electron chi connectivity index (χ2n) is 6.96. The Morgan fingerprint density at radius 3 is 2.59 bits per heavy atom. The number of nitrogens with zero attached hydrogens (tertiary/aromatic N) is 2. The van der Waals surface area contributed by atoms with Gasteiger partial charge in [0.25, 0.3) is 0 Å². The molecule has 0 bridgehead atoms. The van der Waals surface area contributed by atoms with Crippen LogP contribution in [0.3, 0.4) is 0 Å². The highest BCUT2D eigenvalue weighted by atomic mass is 127. The molecule has 1 fully saturated rings. The van der Waals surface area contributed by atoms with Crippen LogP contribution in [0.4, 0.5) is 0 Å². The van der Waals surface area contributed by atoms with Crippen molar-refractivity contribution < 1.29 is 8.42 Å². The van der Waals surface area contributed by atoms with Gasteiger partial charge in [-0.2, -0.15) is 0 Å². The molecule has 1 aliphatic heterocycles. The van der Waals surface area contributed by atoms with Crippen LogP contribution in [-0.4, -0.2) is 70.1 Å². The largest absolute Gasteiger partial charge is 0.357 e. The molecule has 27 heavy (non-hydrogen) atoms. The number of sulfone groups is 1. The lowest BCUT2D eigenvalue weighted by atomic mass is 10.00. The number of aliphatic imine (C=N–C) groups is 1. The van der Waals surface area contributed by atoms with Crippen LogP contribution >= 0.6 is 24.0 Å². The topological polar surface area (TPSA) is 73.8 Å². The maximum atomic E-state index is 11.5. The van der Waals surface area contributed by atoms with Crippen LogP contribution in [0.2, 0.25) is 0 Å². The number of nitrogens with one attached hydrogen (secondary N) is 2. The highest BCUT2D eigenvalue weighted by molar-refractivity contribution is 14.0. The van der Waals surface area contributed by atoms with Crippen LogP contribution in [0.15, 0.2) is 29.3 Å². The Morgan fingerprint density at radius 1 is 1.26 bits per heavy atom. The first-order valence-corrected chi connectivity index (χ1v) is 11.2. The molecule has 0 aliphatic carbocycles. The predicted molar refractivity (Wildman–Crippen MR) is 124 cm³/mol. The Balaban J connectivity index is 0.00000364. The summed E-state index contributed by atoms with van der Waals surface area (Å²) in [5.74, 6) is 1.72. The van der Waals surface area contributed by atoms with Gasteiger partial charge < -0.3 is 10.6 Å². The molecule has 1 aromatic rings. The molecular formula is C19H33IN4O2S. The van der Waals surface area contributed by atoms with E-state index in [9.17, 15) is 8.42 Å². The highest BCUT2D eigenvalue weighted by Gasteiger charge is 2.20. The summed E-state index contributed by atoms with van der Waals surface area (Å²) in [4.78, 5) is 6.89. The van der Waals surface area contributed by atoms with Gasteiger partial charge in [-0.15, -0.1) is 24.0 Å². The number of guanidine groups is 1. The summed E-state index contributed by atoms with van der Waals surface area (Å²) >= 11 is 0. The van der Waals surface area contributed by atoms with Gasteiger partial charge in [-0.05, 0) is 19.4 Å². The molecule has 0 spiro atoms. The van der Waals surface area contributed by atoms with Crippen LogP contribution < -0.4 is 10.6 Å². The van der Waals surface area contributed by atoms with E-state index in [-0.39, 0.29) is 35.5 Å². The van der Waals surface area contributed by atoms with E-state index >= 15 is 0 Å². The molecule has 0 aromatic heterocycles. The fraction of sp³-hybridized carbons (Fsp3) is 0.632. The smallest absolute Gasteiger partial charge is 0.191 e. The number of hydrogen-bond acceptors (Lipinski definition) is 4. The van der Waals surface area contributed by atoms with E-state index in [0.29, 0.717) is 19.0 Å². The van der Waals surface area contributed by atoms with E-state index in [1.807, 2.05) is 0 Å². The minimum Gasteiger partial charge on any atom is -0.357 e. The number of hydrogen-bond donors (Lipinski definition) is 2. The molecule has 154 valence electrons. The van der Waals surface area contributed by atoms with E-state index in [0.717, 1.165) is 32.1 Å². The minimum absolute atomic E-state index is 0. The van der Waals surface area contributed by atoms with Crippen molar-refractivity contribution in [2.24, 2.45) is 4.99 Å². The van der Waals surface area contributed by atoms with Crippen LogP contribution in [0.25, 0.3) is 0 Å². The SMILES string of the molecule is CCNC(=NCC(C)c1cccc(C)c1)NCCN1CCS(=O)(=O)CC1.I. The Morgan fingerprint density at radius 2 is 1.96 bits per heavy atom. The van der Waals surface area contributed by atoms with Gasteiger partial charge in [0.05, 0.1) is 11.5 Å². The standard InChI is InChI=1S/C19H32N4O2S.HI/c1-4-20-19(21-8-9-23-10-12-26(24,25)13-11-23)22-15-17(3)18-7-5-6-16(2)14-18;/h5-7,14,17H,4,8-13,15H2,1-3H3,(H2,20,21,22);1H. The zero-order chi connectivity index (χ0) is 19.0. The molecular weight excluding hydrogens is 475 g/mol. The first-order chi connectivity index (χ1) is 12.4. The van der Waals surface area contributed by atoms with Crippen molar-refractivity contribution >= 4 is 39.8 Å². The maximum absolute atomic E-state index is 11.5. The summed E-state index contributed by atoms with van der Waals surface area (Å²) in [5.41, 5.74) is 2.58. The summed E-state index contributed by atoms with van der Waals surface area (Å²) < 4.78 is 23.0. The molecule has 1 heterocycles. The molecule has 6 nitrogen and oxygen atoms in total. The lowest BCUT2D eigenvalue weighted by molar-refractivity contribution is 0.299. The van der Waals surface area contributed by atoms with Gasteiger partial charge in [-0.1, -0.05) is 36.8 Å². The summed E-state index contributed by atoms with van der Waals surface area (Å²) in [5, 5.41) is 6.63. The molecule has 1 aromatic carbocycles. The average molecular weight is 508 g/mol. The lowest BCUT2D eigenvalue weighted by Crippen LogP contribution is -2.46.